The summed E-state index contributed by atoms with van der Waals surface area (Å²) in [5.74, 6) is -0.167. The fourth-order valence-corrected chi connectivity index (χ4v) is 2.80. The monoisotopic (exact) mass is 369 g/mol. The Labute approximate surface area is 156 Å². The number of nitrogens with one attached hydrogen (secondary N) is 2. The van der Waals surface area contributed by atoms with Gasteiger partial charge < -0.3 is 14.8 Å². The third kappa shape index (κ3) is 3.29. The summed E-state index contributed by atoms with van der Waals surface area (Å²) in [7, 11) is 2.99. The third-order valence-corrected chi connectivity index (χ3v) is 4.38. The summed E-state index contributed by atoms with van der Waals surface area (Å²) >= 11 is 0. The number of rotatable bonds is 5. The normalized spacial score (nSPS) is 18.9. The summed E-state index contributed by atoms with van der Waals surface area (Å²) in [6.07, 6.45) is 0. The van der Waals surface area contributed by atoms with Gasteiger partial charge in [0, 0.05) is 5.56 Å². The number of nitrogens with zero attached hydrogens (tertiary/aromatic N) is 1. The Morgan fingerprint density at radius 3 is 2.33 bits per heavy atom. The van der Waals surface area contributed by atoms with Crippen molar-refractivity contribution in [2.45, 2.75) is 12.5 Å². The van der Waals surface area contributed by atoms with Gasteiger partial charge in [-0.1, -0.05) is 18.2 Å². The van der Waals surface area contributed by atoms with E-state index in [0.29, 0.717) is 22.1 Å². The third-order valence-electron chi connectivity index (χ3n) is 4.38. The molecule has 2 aromatic rings. The van der Waals surface area contributed by atoms with Crippen LogP contribution in [0.1, 0.15) is 22.8 Å². The summed E-state index contributed by atoms with van der Waals surface area (Å²) in [5.41, 5.74) is 1.81. The zero-order valence-electron chi connectivity index (χ0n) is 15.1. The smallest absolute Gasteiger partial charge is 0.344 e. The van der Waals surface area contributed by atoms with Crippen LogP contribution >= 0.6 is 0 Å². The number of urea groups is 1. The predicted molar refractivity (Wildman–Crippen MR) is 96.2 cm³/mol. The molecule has 4 amide bonds. The molecule has 8 heteroatoms. The first-order valence-corrected chi connectivity index (χ1v) is 8.15. The molecule has 0 bridgehead atoms. The lowest BCUT2D eigenvalue weighted by Gasteiger charge is -2.22. The largest absolute Gasteiger partial charge is 0.497 e. The molecule has 0 aromatic heterocycles. The predicted octanol–water partition coefficient (Wildman–Crippen LogP) is 1.82. The Morgan fingerprint density at radius 2 is 1.67 bits per heavy atom. The molecule has 1 aliphatic rings. The molecule has 1 saturated heterocycles. The molecule has 0 aliphatic carbocycles. The maximum atomic E-state index is 12.9. The van der Waals surface area contributed by atoms with Gasteiger partial charge in [-0.3, -0.25) is 15.0 Å². The number of hydrazine groups is 1. The number of amides is 4. The van der Waals surface area contributed by atoms with E-state index in [1.807, 2.05) is 0 Å². The van der Waals surface area contributed by atoms with Crippen LogP contribution in [0.15, 0.2) is 48.5 Å². The Bertz CT molecular complexity index is 914. The van der Waals surface area contributed by atoms with E-state index in [1.54, 1.807) is 49.4 Å². The average Bonchev–Trinajstić information content (AvgIpc) is 2.92. The molecule has 1 heterocycles. The van der Waals surface area contributed by atoms with Gasteiger partial charge >= 0.3 is 6.03 Å². The topological polar surface area (TPSA) is 97.0 Å². The second-order valence-electron chi connectivity index (χ2n) is 6.10. The Balaban J connectivity index is 1.84. The molecule has 3 rings (SSSR count). The van der Waals surface area contributed by atoms with Gasteiger partial charge in [0.2, 0.25) is 0 Å². The second kappa shape index (κ2) is 6.99. The molecule has 1 aliphatic heterocycles. The van der Waals surface area contributed by atoms with Crippen molar-refractivity contribution in [1.29, 1.82) is 0 Å². The lowest BCUT2D eigenvalue weighted by Crippen LogP contribution is -2.47. The minimum Gasteiger partial charge on any atom is -0.497 e. The average molecular weight is 369 g/mol. The first-order chi connectivity index (χ1) is 12.9. The number of carbonyl (C=O) groups is 3. The maximum Gasteiger partial charge on any atom is 0.344 e. The standard InChI is InChI=1S/C19H19N3O5/c1-19(13-7-5-9-15(11-13)27-3)17(24)22(18(25)20-19)21-16(23)12-6-4-8-14(10-12)26-2/h4-11H,1-3H3,(H,20,25)(H,21,23)/t19-/m0/s1. The minimum absolute atomic E-state index is 0.255. The van der Waals surface area contributed by atoms with Gasteiger partial charge in [-0.2, -0.15) is 5.01 Å². The summed E-state index contributed by atoms with van der Waals surface area (Å²) < 4.78 is 10.3. The van der Waals surface area contributed by atoms with Gasteiger partial charge in [-0.15, -0.1) is 0 Å². The van der Waals surface area contributed by atoms with Crippen LogP contribution in [-0.2, 0) is 10.3 Å². The van der Waals surface area contributed by atoms with E-state index in [0.717, 1.165) is 0 Å². The van der Waals surface area contributed by atoms with Crippen LogP contribution in [0, 0.1) is 0 Å². The highest BCUT2D eigenvalue weighted by Gasteiger charge is 2.50. The zero-order chi connectivity index (χ0) is 19.6. The summed E-state index contributed by atoms with van der Waals surface area (Å²) in [5, 5.41) is 3.30. The van der Waals surface area contributed by atoms with Crippen molar-refractivity contribution in [3.05, 3.63) is 59.7 Å². The van der Waals surface area contributed by atoms with Crippen molar-refractivity contribution in [3.8, 4) is 11.5 Å². The molecule has 0 radical (unpaired) electrons. The summed E-state index contributed by atoms with van der Waals surface area (Å²) in [6, 6.07) is 12.5. The molecule has 0 saturated carbocycles. The molecule has 0 unspecified atom stereocenters. The van der Waals surface area contributed by atoms with Gasteiger partial charge in [0.1, 0.15) is 17.0 Å². The zero-order valence-corrected chi connectivity index (χ0v) is 15.1. The van der Waals surface area contributed by atoms with E-state index in [4.69, 9.17) is 9.47 Å². The molecular formula is C19H19N3O5. The number of methoxy groups -OCH3 is 2. The van der Waals surface area contributed by atoms with Crippen LogP contribution < -0.4 is 20.2 Å². The fraction of sp³-hybridized carbons (Fsp3) is 0.211. The van der Waals surface area contributed by atoms with Crippen LogP contribution in [0.3, 0.4) is 0 Å². The van der Waals surface area contributed by atoms with E-state index in [-0.39, 0.29) is 5.56 Å². The van der Waals surface area contributed by atoms with E-state index >= 15 is 0 Å². The molecule has 8 nitrogen and oxygen atoms in total. The highest BCUT2D eigenvalue weighted by Crippen LogP contribution is 2.30. The van der Waals surface area contributed by atoms with Crippen molar-refractivity contribution >= 4 is 17.8 Å². The van der Waals surface area contributed by atoms with Crippen LogP contribution in [0.25, 0.3) is 0 Å². The molecular weight excluding hydrogens is 350 g/mol. The van der Waals surface area contributed by atoms with Gasteiger partial charge in [0.15, 0.2) is 0 Å². The van der Waals surface area contributed by atoms with Gasteiger partial charge in [-0.25, -0.2) is 4.79 Å². The number of imide groups is 1. The van der Waals surface area contributed by atoms with Gasteiger partial charge in [0.25, 0.3) is 11.8 Å². The van der Waals surface area contributed by atoms with E-state index < -0.39 is 23.4 Å². The second-order valence-corrected chi connectivity index (χ2v) is 6.10. The highest BCUT2D eigenvalue weighted by atomic mass is 16.5. The molecule has 140 valence electrons. The first-order valence-electron chi connectivity index (χ1n) is 8.15. The van der Waals surface area contributed by atoms with E-state index in [9.17, 15) is 14.4 Å². The van der Waals surface area contributed by atoms with Crippen molar-refractivity contribution in [3.63, 3.8) is 0 Å². The van der Waals surface area contributed by atoms with E-state index in [2.05, 4.69) is 10.7 Å². The van der Waals surface area contributed by atoms with Gasteiger partial charge in [-0.05, 0) is 42.8 Å². The van der Waals surface area contributed by atoms with Crippen molar-refractivity contribution in [1.82, 2.24) is 15.8 Å². The molecule has 0 spiro atoms. The molecule has 1 atom stereocenters. The first kappa shape index (κ1) is 18.2. The Kier molecular flexibility index (Phi) is 4.72. The molecule has 2 N–H and O–H groups in total. The quantitative estimate of drug-likeness (QED) is 0.784. The fourth-order valence-electron chi connectivity index (χ4n) is 2.80. The van der Waals surface area contributed by atoms with Crippen LogP contribution in [-0.4, -0.2) is 37.1 Å². The Hall–Kier alpha value is -3.55. The lowest BCUT2D eigenvalue weighted by atomic mass is 9.92. The van der Waals surface area contributed by atoms with Crippen LogP contribution in [0.2, 0.25) is 0 Å². The van der Waals surface area contributed by atoms with Crippen LogP contribution in [0.4, 0.5) is 4.79 Å². The highest BCUT2D eigenvalue weighted by molar-refractivity contribution is 6.09. The number of ether oxygens (including phenoxy) is 2. The van der Waals surface area contributed by atoms with E-state index in [1.165, 1.54) is 20.3 Å². The summed E-state index contributed by atoms with van der Waals surface area (Å²) in [6.45, 7) is 1.57. The van der Waals surface area contributed by atoms with Crippen molar-refractivity contribution in [2.75, 3.05) is 14.2 Å². The van der Waals surface area contributed by atoms with Crippen molar-refractivity contribution in [2.24, 2.45) is 0 Å². The SMILES string of the molecule is COc1cccc(C(=O)NN2C(=O)N[C@@](C)(c3cccc(OC)c3)C2=O)c1. The Morgan fingerprint density at radius 1 is 1.04 bits per heavy atom. The minimum atomic E-state index is -1.33. The summed E-state index contributed by atoms with van der Waals surface area (Å²) in [4.78, 5) is 37.7. The maximum absolute atomic E-state index is 12.9. The van der Waals surface area contributed by atoms with Gasteiger partial charge in [0.05, 0.1) is 14.2 Å². The number of carbonyl (C=O) groups excluding carboxylic acids is 3. The molecule has 27 heavy (non-hydrogen) atoms. The number of hydrogen-bond donors (Lipinski definition) is 2. The number of benzene rings is 2. The molecule has 2 aromatic carbocycles. The lowest BCUT2D eigenvalue weighted by molar-refractivity contribution is -0.132. The van der Waals surface area contributed by atoms with Crippen LogP contribution in [0.5, 0.6) is 11.5 Å². The molecule has 1 fully saturated rings. The van der Waals surface area contributed by atoms with Crippen molar-refractivity contribution < 1.29 is 23.9 Å². The number of hydrogen-bond acceptors (Lipinski definition) is 5.